The van der Waals surface area contributed by atoms with Crippen molar-refractivity contribution in [2.45, 2.75) is 0 Å². The van der Waals surface area contributed by atoms with E-state index in [1.165, 1.54) is 54.6 Å². The van der Waals surface area contributed by atoms with Crippen molar-refractivity contribution in [2.24, 2.45) is 0 Å². The zero-order valence-electron chi connectivity index (χ0n) is 15.6. The van der Waals surface area contributed by atoms with Crippen LogP contribution in [0, 0.1) is 5.82 Å². The van der Waals surface area contributed by atoms with Crippen molar-refractivity contribution in [3.8, 4) is 11.3 Å². The lowest BCUT2D eigenvalue weighted by Crippen LogP contribution is -2.54. The molecule has 0 atom stereocenters. The summed E-state index contributed by atoms with van der Waals surface area (Å²) in [6.07, 6.45) is 1.23. The standard InChI is InChI=1S/C22H13FN2O5S/c23-16-3-1-2-4-17(16)25-20(27)15(19(26)24-22(25)31)11-14-9-10-18(30-14)12-5-7-13(8-6-12)21(28)29/h1-11H,(H,28,29)(H,24,26,31)/p-1/b15-11-. The Bertz CT molecular complexity index is 1260. The smallest absolute Gasteiger partial charge is 0.270 e. The van der Waals surface area contributed by atoms with E-state index in [9.17, 15) is 23.9 Å². The van der Waals surface area contributed by atoms with Gasteiger partial charge in [0.25, 0.3) is 11.8 Å². The Balaban J connectivity index is 1.65. The second kappa shape index (κ2) is 7.96. The number of thiocarbonyl (C=S) groups is 1. The fraction of sp³-hybridized carbons (Fsp3) is 0. The van der Waals surface area contributed by atoms with E-state index in [-0.39, 0.29) is 27.7 Å². The van der Waals surface area contributed by atoms with Gasteiger partial charge in [0, 0.05) is 5.56 Å². The number of aromatic carboxylic acids is 1. The molecule has 1 fully saturated rings. The molecule has 0 bridgehead atoms. The zero-order valence-corrected chi connectivity index (χ0v) is 16.4. The minimum atomic E-state index is -1.30. The van der Waals surface area contributed by atoms with Gasteiger partial charge < -0.3 is 14.3 Å². The van der Waals surface area contributed by atoms with Gasteiger partial charge in [-0.15, -0.1) is 0 Å². The lowest BCUT2D eigenvalue weighted by Gasteiger charge is -2.28. The van der Waals surface area contributed by atoms with Gasteiger partial charge in [-0.05, 0) is 48.1 Å². The first-order chi connectivity index (χ1) is 14.8. The maximum absolute atomic E-state index is 14.2. The summed E-state index contributed by atoms with van der Waals surface area (Å²) in [7, 11) is 0. The molecule has 7 nitrogen and oxygen atoms in total. The van der Waals surface area contributed by atoms with Crippen molar-refractivity contribution in [1.82, 2.24) is 5.32 Å². The summed E-state index contributed by atoms with van der Waals surface area (Å²) in [6, 6.07) is 14.5. The Morgan fingerprint density at radius 3 is 2.45 bits per heavy atom. The van der Waals surface area contributed by atoms with Crippen LogP contribution in [-0.4, -0.2) is 22.9 Å². The van der Waals surface area contributed by atoms with E-state index in [0.717, 1.165) is 4.90 Å². The Morgan fingerprint density at radius 2 is 1.77 bits per heavy atom. The molecule has 2 heterocycles. The number of benzene rings is 2. The largest absolute Gasteiger partial charge is 0.545 e. The van der Waals surface area contributed by atoms with E-state index in [4.69, 9.17) is 16.6 Å². The first kappa shape index (κ1) is 20.2. The molecule has 3 aromatic rings. The maximum Gasteiger partial charge on any atom is 0.270 e. The summed E-state index contributed by atoms with van der Waals surface area (Å²) in [5.74, 6) is -2.92. The number of anilines is 1. The van der Waals surface area contributed by atoms with Crippen LogP contribution in [-0.2, 0) is 9.59 Å². The van der Waals surface area contributed by atoms with Gasteiger partial charge in [-0.3, -0.25) is 14.9 Å². The first-order valence-electron chi connectivity index (χ1n) is 8.93. The van der Waals surface area contributed by atoms with Crippen LogP contribution in [0.4, 0.5) is 10.1 Å². The molecule has 9 heteroatoms. The van der Waals surface area contributed by atoms with Crippen molar-refractivity contribution in [1.29, 1.82) is 0 Å². The van der Waals surface area contributed by atoms with Gasteiger partial charge in [0.1, 0.15) is 22.9 Å². The van der Waals surface area contributed by atoms with Crippen LogP contribution in [0.5, 0.6) is 0 Å². The minimum Gasteiger partial charge on any atom is -0.545 e. The molecule has 1 saturated heterocycles. The predicted molar refractivity (Wildman–Crippen MR) is 111 cm³/mol. The monoisotopic (exact) mass is 435 g/mol. The number of hydrogen-bond acceptors (Lipinski definition) is 6. The normalized spacial score (nSPS) is 15.3. The van der Waals surface area contributed by atoms with Crippen LogP contribution in [0.3, 0.4) is 0 Å². The van der Waals surface area contributed by atoms with E-state index in [0.29, 0.717) is 11.3 Å². The molecule has 154 valence electrons. The predicted octanol–water partition coefficient (Wildman–Crippen LogP) is 2.28. The molecule has 0 spiro atoms. The molecule has 4 rings (SSSR count). The van der Waals surface area contributed by atoms with Gasteiger partial charge >= 0.3 is 0 Å². The van der Waals surface area contributed by atoms with Gasteiger partial charge in [-0.2, -0.15) is 0 Å². The highest BCUT2D eigenvalue weighted by Crippen LogP contribution is 2.27. The molecule has 31 heavy (non-hydrogen) atoms. The van der Waals surface area contributed by atoms with Crippen molar-refractivity contribution in [3.05, 3.63) is 83.4 Å². The van der Waals surface area contributed by atoms with Crippen LogP contribution in [0.2, 0.25) is 0 Å². The number of para-hydroxylation sites is 1. The number of amides is 2. The average Bonchev–Trinajstić information content (AvgIpc) is 3.21. The van der Waals surface area contributed by atoms with Gasteiger partial charge in [0.15, 0.2) is 5.11 Å². The third-order valence-electron chi connectivity index (χ3n) is 4.51. The van der Waals surface area contributed by atoms with Gasteiger partial charge in [-0.25, -0.2) is 9.29 Å². The number of carboxylic acids is 1. The fourth-order valence-electron chi connectivity index (χ4n) is 3.01. The molecule has 1 aliphatic heterocycles. The second-order valence-corrected chi connectivity index (χ2v) is 6.86. The number of nitrogens with zero attached hydrogens (tertiary/aromatic N) is 1. The van der Waals surface area contributed by atoms with Crippen LogP contribution in [0.25, 0.3) is 17.4 Å². The van der Waals surface area contributed by atoms with E-state index in [2.05, 4.69) is 5.32 Å². The molecule has 1 aromatic heterocycles. The SMILES string of the molecule is O=C1NC(=S)N(c2ccccc2F)C(=O)/C1=C\c1ccc(-c2ccc(C(=O)[O-])cc2)o1. The number of carbonyl (C=O) groups excluding carboxylic acids is 3. The molecule has 1 aliphatic rings. The van der Waals surface area contributed by atoms with E-state index in [1.807, 2.05) is 0 Å². The van der Waals surface area contributed by atoms with Gasteiger partial charge in [0.2, 0.25) is 0 Å². The lowest BCUT2D eigenvalue weighted by atomic mass is 10.1. The molecular weight excluding hydrogens is 423 g/mol. The molecular formula is C22H12FN2O5S-. The molecule has 2 aromatic carbocycles. The van der Waals surface area contributed by atoms with E-state index < -0.39 is 23.6 Å². The topological polar surface area (TPSA) is 103 Å². The highest BCUT2D eigenvalue weighted by atomic mass is 32.1. The van der Waals surface area contributed by atoms with Crippen molar-refractivity contribution < 1.29 is 28.3 Å². The summed E-state index contributed by atoms with van der Waals surface area (Å²) in [6.45, 7) is 0. The quantitative estimate of drug-likeness (QED) is 0.383. The number of furan rings is 1. The number of hydrogen-bond donors (Lipinski definition) is 1. The number of halogens is 1. The Labute approximate surface area is 180 Å². The van der Waals surface area contributed by atoms with Crippen LogP contribution in [0.15, 0.2) is 70.7 Å². The summed E-state index contributed by atoms with van der Waals surface area (Å²) < 4.78 is 19.9. The van der Waals surface area contributed by atoms with Crippen LogP contribution < -0.4 is 15.3 Å². The molecule has 0 radical (unpaired) electrons. The van der Waals surface area contributed by atoms with Gasteiger partial charge in [0.05, 0.1) is 11.7 Å². The molecule has 2 amide bonds. The van der Waals surface area contributed by atoms with E-state index >= 15 is 0 Å². The van der Waals surface area contributed by atoms with Crippen molar-refractivity contribution >= 4 is 46.9 Å². The molecule has 0 unspecified atom stereocenters. The maximum atomic E-state index is 14.2. The van der Waals surface area contributed by atoms with Crippen LogP contribution >= 0.6 is 12.2 Å². The molecule has 0 saturated carbocycles. The first-order valence-corrected chi connectivity index (χ1v) is 9.33. The van der Waals surface area contributed by atoms with Crippen LogP contribution in [0.1, 0.15) is 16.1 Å². The van der Waals surface area contributed by atoms with E-state index in [1.54, 1.807) is 12.1 Å². The van der Waals surface area contributed by atoms with Crippen molar-refractivity contribution in [3.63, 3.8) is 0 Å². The Hall–Kier alpha value is -4.11. The highest BCUT2D eigenvalue weighted by molar-refractivity contribution is 7.80. The third-order valence-corrected chi connectivity index (χ3v) is 4.80. The molecule has 1 N–H and O–H groups in total. The summed E-state index contributed by atoms with van der Waals surface area (Å²) in [4.78, 5) is 37.0. The number of carbonyl (C=O) groups is 3. The Kier molecular flexibility index (Phi) is 5.18. The zero-order chi connectivity index (χ0) is 22.1. The lowest BCUT2D eigenvalue weighted by molar-refractivity contribution is -0.255. The third kappa shape index (κ3) is 3.86. The van der Waals surface area contributed by atoms with Gasteiger partial charge in [-0.1, -0.05) is 36.4 Å². The van der Waals surface area contributed by atoms with Crippen molar-refractivity contribution in [2.75, 3.05) is 4.90 Å². The fourth-order valence-corrected chi connectivity index (χ4v) is 3.28. The Morgan fingerprint density at radius 1 is 1.06 bits per heavy atom. The summed E-state index contributed by atoms with van der Waals surface area (Å²) in [5, 5.41) is 13.0. The summed E-state index contributed by atoms with van der Waals surface area (Å²) >= 11 is 5.05. The summed E-state index contributed by atoms with van der Waals surface area (Å²) in [5.41, 5.74) is 0.233. The highest BCUT2D eigenvalue weighted by Gasteiger charge is 2.35. The average molecular weight is 435 g/mol. The second-order valence-electron chi connectivity index (χ2n) is 6.48. The molecule has 0 aliphatic carbocycles. The number of nitrogens with one attached hydrogen (secondary N) is 1. The number of carboxylic acid groups (broad SMARTS) is 1. The number of rotatable bonds is 4. The minimum absolute atomic E-state index is 0.0197.